The van der Waals surface area contributed by atoms with Crippen molar-refractivity contribution in [3.05, 3.63) is 24.5 Å². The molecule has 2 fully saturated rings. The fourth-order valence-corrected chi connectivity index (χ4v) is 3.86. The van der Waals surface area contributed by atoms with Crippen molar-refractivity contribution in [2.45, 2.75) is 43.7 Å². The lowest BCUT2D eigenvalue weighted by atomic mass is 9.79. The fourth-order valence-electron chi connectivity index (χ4n) is 3.86. The zero-order valence-electron chi connectivity index (χ0n) is 13.4. The van der Waals surface area contributed by atoms with Crippen molar-refractivity contribution >= 4 is 11.7 Å². The number of aromatic nitrogens is 1. The standard InChI is InChI=1S/C17H25N3O3/c21-16(22)13-17(23)5-1-14(2-6-17)19-9-11-20(12-10-19)15-3-7-18-8-4-15/h3-4,7-8,14,23H,1-2,5-6,9-13H2,(H,21,22)/t14-,17-. The molecule has 0 amide bonds. The van der Waals surface area contributed by atoms with Crippen LogP contribution in [0.1, 0.15) is 32.1 Å². The number of pyridine rings is 1. The summed E-state index contributed by atoms with van der Waals surface area (Å²) in [5.41, 5.74) is 0.223. The van der Waals surface area contributed by atoms with E-state index in [0.717, 1.165) is 39.0 Å². The Morgan fingerprint density at radius 3 is 2.35 bits per heavy atom. The molecule has 0 aromatic carbocycles. The Labute approximate surface area is 136 Å². The van der Waals surface area contributed by atoms with Gasteiger partial charge in [-0.2, -0.15) is 0 Å². The van der Waals surface area contributed by atoms with Gasteiger partial charge in [0, 0.05) is 50.3 Å². The van der Waals surface area contributed by atoms with Crippen molar-refractivity contribution in [1.29, 1.82) is 0 Å². The van der Waals surface area contributed by atoms with Crippen LogP contribution < -0.4 is 4.90 Å². The van der Waals surface area contributed by atoms with Crippen LogP contribution in [0.25, 0.3) is 0 Å². The third-order valence-corrected chi connectivity index (χ3v) is 5.22. The van der Waals surface area contributed by atoms with Gasteiger partial charge in [-0.25, -0.2) is 0 Å². The van der Waals surface area contributed by atoms with Gasteiger partial charge in [-0.15, -0.1) is 0 Å². The summed E-state index contributed by atoms with van der Waals surface area (Å²) in [4.78, 5) is 19.8. The highest BCUT2D eigenvalue weighted by Crippen LogP contribution is 2.33. The molecule has 2 aliphatic rings. The quantitative estimate of drug-likeness (QED) is 0.872. The molecule has 2 N–H and O–H groups in total. The van der Waals surface area contributed by atoms with Crippen molar-refractivity contribution in [1.82, 2.24) is 9.88 Å². The molecule has 3 rings (SSSR count). The maximum Gasteiger partial charge on any atom is 0.306 e. The Bertz CT molecular complexity index is 521. The van der Waals surface area contributed by atoms with Crippen LogP contribution in [0.3, 0.4) is 0 Å². The van der Waals surface area contributed by atoms with Crippen LogP contribution >= 0.6 is 0 Å². The van der Waals surface area contributed by atoms with Crippen LogP contribution in [0.15, 0.2) is 24.5 Å². The second kappa shape index (κ2) is 6.84. The summed E-state index contributed by atoms with van der Waals surface area (Å²) in [6.45, 7) is 4.04. The average molecular weight is 319 g/mol. The summed E-state index contributed by atoms with van der Waals surface area (Å²) < 4.78 is 0. The van der Waals surface area contributed by atoms with Gasteiger partial charge in [-0.05, 0) is 37.8 Å². The van der Waals surface area contributed by atoms with E-state index in [9.17, 15) is 9.90 Å². The first-order valence-corrected chi connectivity index (χ1v) is 8.39. The Morgan fingerprint density at radius 2 is 1.78 bits per heavy atom. The monoisotopic (exact) mass is 319 g/mol. The highest BCUT2D eigenvalue weighted by Gasteiger charge is 2.37. The summed E-state index contributed by atoms with van der Waals surface area (Å²) in [5, 5.41) is 19.2. The lowest BCUT2D eigenvalue weighted by Crippen LogP contribution is -2.52. The van der Waals surface area contributed by atoms with E-state index in [1.54, 1.807) is 0 Å². The predicted molar refractivity (Wildman–Crippen MR) is 87.5 cm³/mol. The van der Waals surface area contributed by atoms with Gasteiger partial charge in [-0.1, -0.05) is 0 Å². The number of carbonyl (C=O) groups is 1. The Balaban J connectivity index is 1.49. The second-order valence-corrected chi connectivity index (χ2v) is 6.75. The van der Waals surface area contributed by atoms with Crippen LogP contribution in [0.5, 0.6) is 0 Å². The van der Waals surface area contributed by atoms with Crippen molar-refractivity contribution in [3.8, 4) is 0 Å². The molecule has 23 heavy (non-hydrogen) atoms. The molecule has 1 saturated carbocycles. The molecule has 0 unspecified atom stereocenters. The number of hydrogen-bond donors (Lipinski definition) is 2. The largest absolute Gasteiger partial charge is 0.481 e. The highest BCUT2D eigenvalue weighted by atomic mass is 16.4. The number of piperazine rings is 1. The van der Waals surface area contributed by atoms with Gasteiger partial charge in [0.2, 0.25) is 0 Å². The molecule has 1 aliphatic heterocycles. The molecule has 0 radical (unpaired) electrons. The van der Waals surface area contributed by atoms with Gasteiger partial charge < -0.3 is 15.1 Å². The molecule has 6 heteroatoms. The lowest BCUT2D eigenvalue weighted by molar-refractivity contribution is -0.144. The molecule has 0 spiro atoms. The van der Waals surface area contributed by atoms with Crippen molar-refractivity contribution in [3.63, 3.8) is 0 Å². The maximum atomic E-state index is 10.8. The van der Waals surface area contributed by atoms with E-state index in [4.69, 9.17) is 5.11 Å². The second-order valence-electron chi connectivity index (χ2n) is 6.75. The molecular weight excluding hydrogens is 294 g/mol. The van der Waals surface area contributed by atoms with Gasteiger partial charge in [0.05, 0.1) is 12.0 Å². The first-order valence-electron chi connectivity index (χ1n) is 8.39. The van der Waals surface area contributed by atoms with E-state index in [1.807, 2.05) is 24.5 Å². The molecule has 126 valence electrons. The van der Waals surface area contributed by atoms with E-state index >= 15 is 0 Å². The molecule has 1 aliphatic carbocycles. The number of hydrogen-bond acceptors (Lipinski definition) is 5. The van der Waals surface area contributed by atoms with E-state index in [0.29, 0.717) is 18.9 Å². The van der Waals surface area contributed by atoms with E-state index in [2.05, 4.69) is 14.8 Å². The van der Waals surface area contributed by atoms with Gasteiger partial charge in [0.15, 0.2) is 0 Å². The number of carboxylic acids is 1. The van der Waals surface area contributed by atoms with E-state index in [-0.39, 0.29) is 6.42 Å². The molecule has 1 aromatic rings. The minimum atomic E-state index is -0.999. The minimum absolute atomic E-state index is 0.129. The molecule has 6 nitrogen and oxygen atoms in total. The first kappa shape index (κ1) is 16.2. The summed E-state index contributed by atoms with van der Waals surface area (Å²) in [6, 6.07) is 4.56. The van der Waals surface area contributed by atoms with Crippen LogP contribution in [0.2, 0.25) is 0 Å². The van der Waals surface area contributed by atoms with Crippen LogP contribution in [0, 0.1) is 0 Å². The summed E-state index contributed by atoms with van der Waals surface area (Å²) in [6.07, 6.45) is 6.48. The minimum Gasteiger partial charge on any atom is -0.481 e. The van der Waals surface area contributed by atoms with Crippen molar-refractivity contribution in [2.75, 3.05) is 31.1 Å². The van der Waals surface area contributed by atoms with Crippen LogP contribution in [0.4, 0.5) is 5.69 Å². The average Bonchev–Trinajstić information content (AvgIpc) is 2.56. The van der Waals surface area contributed by atoms with E-state index in [1.165, 1.54) is 5.69 Å². The predicted octanol–water partition coefficient (Wildman–Crippen LogP) is 1.35. The van der Waals surface area contributed by atoms with Crippen LogP contribution in [-0.2, 0) is 4.79 Å². The molecule has 1 saturated heterocycles. The fraction of sp³-hybridized carbons (Fsp3) is 0.647. The first-order chi connectivity index (χ1) is 11.1. The highest BCUT2D eigenvalue weighted by molar-refractivity contribution is 5.68. The maximum absolute atomic E-state index is 10.8. The number of nitrogens with zero attached hydrogens (tertiary/aromatic N) is 3. The SMILES string of the molecule is O=C(O)C[C@]1(O)CC[C@H](N2CCN(c3ccncc3)CC2)CC1. The zero-order valence-corrected chi connectivity index (χ0v) is 13.4. The third kappa shape index (κ3) is 4.00. The number of aliphatic carboxylic acids is 1. The van der Waals surface area contributed by atoms with Crippen molar-refractivity contribution < 1.29 is 15.0 Å². The number of anilines is 1. The van der Waals surface area contributed by atoms with Gasteiger partial charge in [0.1, 0.15) is 0 Å². The number of carboxylic acid groups (broad SMARTS) is 1. The molecule has 1 aromatic heterocycles. The summed E-state index contributed by atoms with van der Waals surface area (Å²) >= 11 is 0. The molecule has 2 heterocycles. The summed E-state index contributed by atoms with van der Waals surface area (Å²) in [5.74, 6) is -0.906. The molecule has 0 bridgehead atoms. The summed E-state index contributed by atoms with van der Waals surface area (Å²) in [7, 11) is 0. The van der Waals surface area contributed by atoms with E-state index < -0.39 is 11.6 Å². The molecule has 0 atom stereocenters. The Hall–Kier alpha value is -1.66. The normalized spacial score (nSPS) is 29.4. The number of aliphatic hydroxyl groups is 1. The van der Waals surface area contributed by atoms with Crippen molar-refractivity contribution in [2.24, 2.45) is 0 Å². The smallest absolute Gasteiger partial charge is 0.306 e. The lowest BCUT2D eigenvalue weighted by Gasteiger charge is -2.44. The molecular formula is C17H25N3O3. The van der Waals surface area contributed by atoms with Gasteiger partial charge in [-0.3, -0.25) is 14.7 Å². The van der Waals surface area contributed by atoms with Gasteiger partial charge >= 0.3 is 5.97 Å². The van der Waals surface area contributed by atoms with Crippen LogP contribution in [-0.4, -0.2) is 63.9 Å². The van der Waals surface area contributed by atoms with Gasteiger partial charge in [0.25, 0.3) is 0 Å². The zero-order chi connectivity index (χ0) is 16.3. The topological polar surface area (TPSA) is 76.9 Å². The third-order valence-electron chi connectivity index (χ3n) is 5.22. The number of rotatable bonds is 4. The Kier molecular flexibility index (Phi) is 4.82. The Morgan fingerprint density at radius 1 is 1.17 bits per heavy atom.